The highest BCUT2D eigenvalue weighted by Crippen LogP contribution is 2.39. The molecule has 0 unspecified atom stereocenters. The Kier molecular flexibility index (Phi) is 7.01. The number of hydrogen-bond donors (Lipinski definition) is 1. The summed E-state index contributed by atoms with van der Waals surface area (Å²) in [5.41, 5.74) is 2.22. The summed E-state index contributed by atoms with van der Waals surface area (Å²) in [4.78, 5) is 32.2. The number of amides is 2. The number of carbonyl (C=O) groups is 2. The average Bonchev–Trinajstić information content (AvgIpc) is 3.25. The molecule has 2 aliphatic rings. The molecule has 1 aromatic heterocycles. The van der Waals surface area contributed by atoms with Crippen molar-refractivity contribution in [3.63, 3.8) is 0 Å². The van der Waals surface area contributed by atoms with E-state index in [0.717, 1.165) is 29.7 Å². The van der Waals surface area contributed by atoms with Crippen LogP contribution >= 0.6 is 0 Å². The Hall–Kier alpha value is -2.89. The Morgan fingerprint density at radius 3 is 2.48 bits per heavy atom. The summed E-state index contributed by atoms with van der Waals surface area (Å²) in [6, 6.07) is 11.7. The van der Waals surface area contributed by atoms with Gasteiger partial charge in [-0.05, 0) is 56.4 Å². The molecule has 0 spiro atoms. The predicted octanol–water partition coefficient (Wildman–Crippen LogP) is 5.75. The second-order valence-corrected chi connectivity index (χ2v) is 10.4. The van der Waals surface area contributed by atoms with E-state index in [0.29, 0.717) is 19.0 Å². The van der Waals surface area contributed by atoms with Gasteiger partial charge in [-0.15, -0.1) is 0 Å². The van der Waals surface area contributed by atoms with Crippen LogP contribution in [0.2, 0.25) is 0 Å². The van der Waals surface area contributed by atoms with E-state index in [1.807, 2.05) is 63.4 Å². The number of rotatable bonds is 4. The highest BCUT2D eigenvalue weighted by Gasteiger charge is 2.44. The van der Waals surface area contributed by atoms with Crippen molar-refractivity contribution in [2.45, 2.75) is 58.5 Å². The Labute approximate surface area is 196 Å². The molecule has 33 heavy (non-hydrogen) atoms. The van der Waals surface area contributed by atoms with Gasteiger partial charge in [0.15, 0.2) is 0 Å². The third kappa shape index (κ3) is 5.92. The van der Waals surface area contributed by atoms with Crippen LogP contribution in [0.25, 0.3) is 11.1 Å². The topological polar surface area (TPSA) is 71.5 Å². The van der Waals surface area contributed by atoms with E-state index in [2.05, 4.69) is 10.3 Å². The zero-order valence-electron chi connectivity index (χ0n) is 19.9. The first-order chi connectivity index (χ1) is 15.8. The molecule has 0 radical (unpaired) electrons. The Balaban J connectivity index is 1.50. The van der Waals surface area contributed by atoms with Crippen LogP contribution in [0.4, 0.5) is 10.5 Å². The lowest BCUT2D eigenvalue weighted by Gasteiger charge is -2.30. The molecule has 1 aliphatic carbocycles. The summed E-state index contributed by atoms with van der Waals surface area (Å²) in [6.07, 6.45) is 9.17. The zero-order valence-corrected chi connectivity index (χ0v) is 19.9. The van der Waals surface area contributed by atoms with Gasteiger partial charge in [-0.3, -0.25) is 9.78 Å². The molecule has 1 aromatic carbocycles. The molecule has 6 nitrogen and oxygen atoms in total. The van der Waals surface area contributed by atoms with Gasteiger partial charge in [0.1, 0.15) is 5.60 Å². The van der Waals surface area contributed by atoms with Gasteiger partial charge < -0.3 is 15.0 Å². The van der Waals surface area contributed by atoms with Gasteiger partial charge in [-0.2, -0.15) is 0 Å². The minimum Gasteiger partial charge on any atom is -0.444 e. The van der Waals surface area contributed by atoms with Gasteiger partial charge in [0.25, 0.3) is 0 Å². The number of benzene rings is 1. The number of hydrogen-bond acceptors (Lipinski definition) is 4. The van der Waals surface area contributed by atoms with E-state index >= 15 is 0 Å². The van der Waals surface area contributed by atoms with E-state index in [-0.39, 0.29) is 23.8 Å². The lowest BCUT2D eigenvalue weighted by atomic mass is 9.75. The van der Waals surface area contributed by atoms with Crippen molar-refractivity contribution in [1.29, 1.82) is 0 Å². The average molecular weight is 450 g/mol. The van der Waals surface area contributed by atoms with E-state index in [1.165, 1.54) is 19.3 Å². The van der Waals surface area contributed by atoms with Crippen LogP contribution in [0.3, 0.4) is 0 Å². The maximum absolute atomic E-state index is 13.5. The second kappa shape index (κ2) is 9.94. The molecule has 2 fully saturated rings. The number of nitrogens with one attached hydrogen (secondary N) is 1. The summed E-state index contributed by atoms with van der Waals surface area (Å²) in [5.74, 6) is 0.394. The molecule has 2 heterocycles. The first-order valence-corrected chi connectivity index (χ1v) is 12.1. The van der Waals surface area contributed by atoms with Crippen molar-refractivity contribution in [3.8, 4) is 11.1 Å². The smallest absolute Gasteiger partial charge is 0.410 e. The standard InChI is InChI=1S/C27H35N3O3/c1-27(2,3)33-26(32)30-17-23(19-9-5-4-6-10-19)24(18-30)25(31)29-22-13-7-11-20(15-22)21-12-8-14-28-16-21/h7-8,11-16,19,23-24H,4-6,9-10,17-18H2,1-3H3,(H,29,31)/t23-,24+/m0/s1. The summed E-state index contributed by atoms with van der Waals surface area (Å²) in [7, 11) is 0. The third-order valence-corrected chi connectivity index (χ3v) is 6.73. The molecule has 2 atom stereocenters. The van der Waals surface area contributed by atoms with Crippen molar-refractivity contribution in [3.05, 3.63) is 48.8 Å². The third-order valence-electron chi connectivity index (χ3n) is 6.73. The highest BCUT2D eigenvalue weighted by atomic mass is 16.6. The SMILES string of the molecule is CC(C)(C)OC(=O)N1C[C@@H](C(=O)Nc2cccc(-c3cccnc3)c2)[C@H](C2CCCCC2)C1. The lowest BCUT2D eigenvalue weighted by molar-refractivity contribution is -0.121. The van der Waals surface area contributed by atoms with E-state index in [9.17, 15) is 9.59 Å². The minimum absolute atomic E-state index is 0.0139. The maximum atomic E-state index is 13.5. The number of likely N-dealkylation sites (tertiary alicyclic amines) is 1. The maximum Gasteiger partial charge on any atom is 0.410 e. The fraction of sp³-hybridized carbons (Fsp3) is 0.519. The fourth-order valence-corrected chi connectivity index (χ4v) is 5.17. The van der Waals surface area contributed by atoms with Crippen LogP contribution in [0.5, 0.6) is 0 Å². The molecule has 0 bridgehead atoms. The van der Waals surface area contributed by atoms with Gasteiger partial charge >= 0.3 is 6.09 Å². The first kappa shape index (κ1) is 23.3. The van der Waals surface area contributed by atoms with E-state index in [1.54, 1.807) is 11.1 Å². The Morgan fingerprint density at radius 1 is 1.03 bits per heavy atom. The summed E-state index contributed by atoms with van der Waals surface area (Å²) >= 11 is 0. The molecule has 1 aliphatic heterocycles. The second-order valence-electron chi connectivity index (χ2n) is 10.4. The number of nitrogens with zero attached hydrogens (tertiary/aromatic N) is 2. The lowest BCUT2D eigenvalue weighted by Crippen LogP contribution is -2.36. The summed E-state index contributed by atoms with van der Waals surface area (Å²) in [5, 5.41) is 3.13. The van der Waals surface area contributed by atoms with Crippen LogP contribution in [-0.2, 0) is 9.53 Å². The van der Waals surface area contributed by atoms with E-state index in [4.69, 9.17) is 4.74 Å². The van der Waals surface area contributed by atoms with Crippen molar-refractivity contribution >= 4 is 17.7 Å². The predicted molar refractivity (Wildman–Crippen MR) is 130 cm³/mol. The Bertz CT molecular complexity index is 964. The van der Waals surface area contributed by atoms with Gasteiger partial charge in [-0.25, -0.2) is 4.79 Å². The van der Waals surface area contributed by atoms with Gasteiger partial charge in [0.2, 0.25) is 5.91 Å². The molecular weight excluding hydrogens is 414 g/mol. The molecule has 2 amide bonds. The van der Waals surface area contributed by atoms with Crippen LogP contribution in [-0.4, -0.2) is 40.6 Å². The summed E-state index contributed by atoms with van der Waals surface area (Å²) in [6.45, 7) is 6.62. The monoisotopic (exact) mass is 449 g/mol. The molecule has 2 aromatic rings. The number of ether oxygens (including phenoxy) is 1. The number of pyridine rings is 1. The molecule has 4 rings (SSSR count). The molecule has 1 saturated heterocycles. The van der Waals surface area contributed by atoms with Gasteiger partial charge in [-0.1, -0.05) is 50.3 Å². The van der Waals surface area contributed by atoms with Crippen molar-refractivity contribution in [2.75, 3.05) is 18.4 Å². The van der Waals surface area contributed by atoms with Gasteiger partial charge in [0, 0.05) is 36.7 Å². The molecule has 6 heteroatoms. The zero-order chi connectivity index (χ0) is 23.4. The van der Waals surface area contributed by atoms with Crippen molar-refractivity contribution < 1.29 is 14.3 Å². The Morgan fingerprint density at radius 2 is 1.79 bits per heavy atom. The molecule has 1 saturated carbocycles. The van der Waals surface area contributed by atoms with Crippen molar-refractivity contribution in [2.24, 2.45) is 17.8 Å². The molecule has 1 N–H and O–H groups in total. The van der Waals surface area contributed by atoms with Crippen LogP contribution in [0.1, 0.15) is 52.9 Å². The fourth-order valence-electron chi connectivity index (χ4n) is 5.17. The first-order valence-electron chi connectivity index (χ1n) is 12.1. The number of carbonyl (C=O) groups excluding carboxylic acids is 2. The largest absolute Gasteiger partial charge is 0.444 e. The van der Waals surface area contributed by atoms with Crippen LogP contribution in [0, 0.1) is 17.8 Å². The van der Waals surface area contributed by atoms with Crippen LogP contribution in [0.15, 0.2) is 48.8 Å². The summed E-state index contributed by atoms with van der Waals surface area (Å²) < 4.78 is 5.62. The number of aromatic nitrogens is 1. The highest BCUT2D eigenvalue weighted by molar-refractivity contribution is 5.94. The van der Waals surface area contributed by atoms with E-state index < -0.39 is 5.60 Å². The quantitative estimate of drug-likeness (QED) is 0.645. The van der Waals surface area contributed by atoms with Gasteiger partial charge in [0.05, 0.1) is 5.92 Å². The van der Waals surface area contributed by atoms with Crippen LogP contribution < -0.4 is 5.32 Å². The minimum atomic E-state index is -0.551. The number of anilines is 1. The van der Waals surface area contributed by atoms with Crippen molar-refractivity contribution in [1.82, 2.24) is 9.88 Å². The molecule has 176 valence electrons. The normalized spacial score (nSPS) is 21.6. The molecular formula is C27H35N3O3.